The van der Waals surface area contributed by atoms with Crippen LogP contribution in [-0.2, 0) is 20.6 Å². The van der Waals surface area contributed by atoms with Crippen LogP contribution in [0.15, 0.2) is 53.5 Å². The number of hydrogen-bond acceptors (Lipinski definition) is 6. The molecule has 2 aromatic carbocycles. The Morgan fingerprint density at radius 3 is 2.22 bits per heavy atom. The van der Waals surface area contributed by atoms with Crippen LogP contribution in [0.3, 0.4) is 0 Å². The van der Waals surface area contributed by atoms with Crippen molar-refractivity contribution in [2.45, 2.75) is 19.5 Å². The lowest BCUT2D eigenvalue weighted by molar-refractivity contribution is -0.138. The Morgan fingerprint density at radius 2 is 1.61 bits per heavy atom. The molecule has 36 heavy (non-hydrogen) atoms. The summed E-state index contributed by atoms with van der Waals surface area (Å²) in [4.78, 5) is 49.9. The molecule has 190 valence electrons. The molecule has 0 bridgehead atoms. The minimum Gasteiger partial charge on any atom is -0.363 e. The summed E-state index contributed by atoms with van der Waals surface area (Å²) < 4.78 is 39.8. The molecule has 3 amide bonds. The highest BCUT2D eigenvalue weighted by Gasteiger charge is 2.36. The van der Waals surface area contributed by atoms with Crippen LogP contribution in [0.25, 0.3) is 0 Å². The van der Waals surface area contributed by atoms with E-state index in [9.17, 15) is 27.6 Å². The summed E-state index contributed by atoms with van der Waals surface area (Å²) in [5.74, 6) is -1.11. The number of nitrogens with zero attached hydrogens (tertiary/aromatic N) is 4. The van der Waals surface area contributed by atoms with Crippen molar-refractivity contribution in [1.29, 1.82) is 0 Å². The van der Waals surface area contributed by atoms with Gasteiger partial charge in [-0.1, -0.05) is 12.1 Å². The number of carbonyl (C=O) groups is 3. The molecular weight excluding hydrogens is 479 g/mol. The van der Waals surface area contributed by atoms with Gasteiger partial charge in [-0.05, 0) is 36.4 Å². The summed E-state index contributed by atoms with van der Waals surface area (Å²) in [6.07, 6.45) is -5.04. The highest BCUT2D eigenvalue weighted by atomic mass is 19.4. The summed E-state index contributed by atoms with van der Waals surface area (Å²) in [5.41, 5.74) is -0.147. The van der Waals surface area contributed by atoms with E-state index in [1.165, 1.54) is 21.9 Å². The second-order valence-corrected chi connectivity index (χ2v) is 8.28. The smallest absolute Gasteiger partial charge is 0.363 e. The molecule has 2 aliphatic rings. The lowest BCUT2D eigenvalue weighted by Crippen LogP contribution is -2.51. The number of amides is 3. The van der Waals surface area contributed by atoms with Gasteiger partial charge in [0.1, 0.15) is 13.1 Å². The van der Waals surface area contributed by atoms with Gasteiger partial charge in [0, 0.05) is 38.8 Å². The Balaban J connectivity index is 1.26. The number of hydrogen-bond donors (Lipinski definition) is 1. The lowest BCUT2D eigenvalue weighted by Gasteiger charge is -2.35. The predicted molar refractivity (Wildman–Crippen MR) is 125 cm³/mol. The van der Waals surface area contributed by atoms with E-state index >= 15 is 0 Å². The highest BCUT2D eigenvalue weighted by molar-refractivity contribution is 6.03. The van der Waals surface area contributed by atoms with Crippen LogP contribution in [0.5, 0.6) is 0 Å². The molecular formula is C24H24F3N5O4. The maximum absolute atomic E-state index is 13.3. The van der Waals surface area contributed by atoms with Gasteiger partial charge in [0.2, 0.25) is 17.7 Å². The van der Waals surface area contributed by atoms with Crippen molar-refractivity contribution in [1.82, 2.24) is 9.80 Å². The monoisotopic (exact) mass is 503 g/mol. The molecule has 0 radical (unpaired) electrons. The third kappa shape index (κ3) is 5.75. The van der Waals surface area contributed by atoms with E-state index in [1.807, 2.05) is 0 Å². The van der Waals surface area contributed by atoms with E-state index in [4.69, 9.17) is 4.84 Å². The second kappa shape index (κ2) is 10.3. The minimum atomic E-state index is -4.65. The zero-order valence-electron chi connectivity index (χ0n) is 19.4. The van der Waals surface area contributed by atoms with Gasteiger partial charge in [0.25, 0.3) is 5.91 Å². The number of anilines is 2. The number of halogens is 3. The Morgan fingerprint density at radius 1 is 0.972 bits per heavy atom. The average Bonchev–Trinajstić information content (AvgIpc) is 3.29. The molecule has 0 unspecified atom stereocenters. The van der Waals surface area contributed by atoms with Crippen LogP contribution in [0, 0.1) is 0 Å². The van der Waals surface area contributed by atoms with Crippen LogP contribution in [0.2, 0.25) is 0 Å². The first-order valence-corrected chi connectivity index (χ1v) is 11.2. The van der Waals surface area contributed by atoms with Crippen LogP contribution in [-0.4, -0.2) is 66.3 Å². The Hall–Kier alpha value is -4.09. The molecule has 0 aromatic heterocycles. The number of alkyl halides is 3. The molecule has 2 heterocycles. The van der Waals surface area contributed by atoms with E-state index < -0.39 is 41.4 Å². The molecule has 12 heteroatoms. The quantitative estimate of drug-likeness (QED) is 0.633. The molecule has 0 spiro atoms. The number of benzene rings is 2. The van der Waals surface area contributed by atoms with Gasteiger partial charge in [0.05, 0.1) is 16.8 Å². The molecule has 1 fully saturated rings. The molecule has 0 aliphatic carbocycles. The van der Waals surface area contributed by atoms with E-state index in [1.54, 1.807) is 36.3 Å². The fourth-order valence-corrected chi connectivity index (χ4v) is 3.93. The summed E-state index contributed by atoms with van der Waals surface area (Å²) in [5, 5.41) is 4.26. The standard InChI is InChI=1S/C24H24F3N5O4/c1-16-28-15-32(36-16)18-8-6-17(7-9-18)29-21(33)14-22(34)30-10-12-31(13-11-30)23(35)19-4-2-3-5-20(19)24(25,26)27/h2-9H,10-15H2,1H3,(H,29,33). The summed E-state index contributed by atoms with van der Waals surface area (Å²) in [7, 11) is 0. The van der Waals surface area contributed by atoms with Crippen molar-refractivity contribution in [2.75, 3.05) is 43.2 Å². The first kappa shape index (κ1) is 25.0. The second-order valence-electron chi connectivity index (χ2n) is 8.28. The van der Waals surface area contributed by atoms with Gasteiger partial charge >= 0.3 is 6.18 Å². The Labute approximate surface area is 205 Å². The number of nitrogens with one attached hydrogen (secondary N) is 1. The van der Waals surface area contributed by atoms with Crippen LogP contribution >= 0.6 is 0 Å². The zero-order valence-corrected chi connectivity index (χ0v) is 19.4. The van der Waals surface area contributed by atoms with Crippen molar-refractivity contribution < 1.29 is 32.4 Å². The molecule has 2 aromatic rings. The minimum absolute atomic E-state index is 0.0710. The highest BCUT2D eigenvalue weighted by Crippen LogP contribution is 2.32. The SMILES string of the molecule is CC1=NCN(c2ccc(NC(=O)CC(=O)N3CCN(C(=O)c4ccccc4C(F)(F)F)CC3)cc2)O1. The number of aliphatic imine (C=N–C) groups is 1. The first-order chi connectivity index (χ1) is 17.1. The van der Waals surface area contributed by atoms with Crippen molar-refractivity contribution in [2.24, 2.45) is 4.99 Å². The van der Waals surface area contributed by atoms with Gasteiger partial charge in [-0.3, -0.25) is 14.4 Å². The largest absolute Gasteiger partial charge is 0.417 e. The molecule has 0 saturated carbocycles. The summed E-state index contributed by atoms with van der Waals surface area (Å²) >= 11 is 0. The van der Waals surface area contributed by atoms with Gasteiger partial charge in [0.15, 0.2) is 0 Å². The molecule has 0 atom stereocenters. The number of carbonyl (C=O) groups excluding carboxylic acids is 3. The van der Waals surface area contributed by atoms with E-state index in [0.29, 0.717) is 18.3 Å². The van der Waals surface area contributed by atoms with Crippen molar-refractivity contribution in [3.8, 4) is 0 Å². The van der Waals surface area contributed by atoms with E-state index in [0.717, 1.165) is 17.8 Å². The Bertz CT molecular complexity index is 1180. The van der Waals surface area contributed by atoms with Gasteiger partial charge in [-0.25, -0.2) is 4.99 Å². The topological polar surface area (TPSA) is 94.5 Å². The van der Waals surface area contributed by atoms with Crippen molar-refractivity contribution >= 4 is 35.0 Å². The number of hydroxylamine groups is 1. The molecule has 4 rings (SSSR count). The van der Waals surface area contributed by atoms with Crippen LogP contribution in [0.4, 0.5) is 24.5 Å². The zero-order chi connectivity index (χ0) is 25.9. The van der Waals surface area contributed by atoms with E-state index in [-0.39, 0.29) is 26.2 Å². The van der Waals surface area contributed by atoms with Gasteiger partial charge in [-0.15, -0.1) is 0 Å². The van der Waals surface area contributed by atoms with Crippen LogP contribution in [0.1, 0.15) is 29.3 Å². The predicted octanol–water partition coefficient (Wildman–Crippen LogP) is 3.15. The normalized spacial score (nSPS) is 15.9. The summed E-state index contributed by atoms with van der Waals surface area (Å²) in [6, 6.07) is 11.5. The first-order valence-electron chi connectivity index (χ1n) is 11.2. The number of piperazine rings is 1. The summed E-state index contributed by atoms with van der Waals surface area (Å²) in [6.45, 7) is 2.51. The molecule has 2 aliphatic heterocycles. The lowest BCUT2D eigenvalue weighted by atomic mass is 10.1. The van der Waals surface area contributed by atoms with Crippen molar-refractivity contribution in [3.05, 3.63) is 59.7 Å². The fraction of sp³-hybridized carbons (Fsp3) is 0.333. The van der Waals surface area contributed by atoms with Crippen molar-refractivity contribution in [3.63, 3.8) is 0 Å². The fourth-order valence-electron chi connectivity index (χ4n) is 3.93. The maximum Gasteiger partial charge on any atom is 0.417 e. The number of rotatable bonds is 5. The molecule has 1 saturated heterocycles. The van der Waals surface area contributed by atoms with Gasteiger partial charge < -0.3 is 20.0 Å². The Kier molecular flexibility index (Phi) is 7.13. The third-order valence-corrected chi connectivity index (χ3v) is 5.80. The van der Waals surface area contributed by atoms with E-state index in [2.05, 4.69) is 10.3 Å². The van der Waals surface area contributed by atoms with Gasteiger partial charge in [-0.2, -0.15) is 18.2 Å². The third-order valence-electron chi connectivity index (χ3n) is 5.80. The molecule has 1 N–H and O–H groups in total. The maximum atomic E-state index is 13.3. The van der Waals surface area contributed by atoms with Crippen LogP contribution < -0.4 is 10.4 Å². The molecule has 9 nitrogen and oxygen atoms in total. The average molecular weight is 503 g/mol.